The molecule has 5 heteroatoms. The lowest BCUT2D eigenvalue weighted by Crippen LogP contribution is -2.13. The molecule has 0 aromatic carbocycles. The molecule has 2 aromatic rings. The minimum Gasteiger partial charge on any atom is -0.365 e. The molecule has 0 amide bonds. The van der Waals surface area contributed by atoms with E-state index in [1.807, 2.05) is 23.9 Å². The van der Waals surface area contributed by atoms with E-state index in [2.05, 4.69) is 47.0 Å². The zero-order valence-corrected chi connectivity index (χ0v) is 12.2. The molecular weight excluding hydrogens is 238 g/mol. The topological polar surface area (TPSA) is 47.7 Å². The van der Waals surface area contributed by atoms with Crippen molar-refractivity contribution in [3.8, 4) is 0 Å². The predicted octanol–water partition coefficient (Wildman–Crippen LogP) is 2.99. The first-order valence-corrected chi connectivity index (χ1v) is 6.92. The van der Waals surface area contributed by atoms with Crippen LogP contribution in [0.4, 0.5) is 5.82 Å². The van der Waals surface area contributed by atoms with E-state index in [1.165, 1.54) is 5.69 Å². The summed E-state index contributed by atoms with van der Waals surface area (Å²) < 4.78 is 4.08. The maximum Gasteiger partial charge on any atom is 0.124 e. The Kier molecular flexibility index (Phi) is 4.24. The van der Waals surface area contributed by atoms with Crippen LogP contribution in [0, 0.1) is 6.92 Å². The molecule has 19 heavy (non-hydrogen) atoms. The van der Waals surface area contributed by atoms with E-state index >= 15 is 0 Å². The second kappa shape index (κ2) is 5.91. The standard InChI is InChI=1S/C14H23N5/c1-5-8-18-13(9-12(4)17-18)10-15-14-6-7-16-19(14)11(2)3/h6-7,9,11,15H,5,8,10H2,1-4H3. The monoisotopic (exact) mass is 261 g/mol. The van der Waals surface area contributed by atoms with Gasteiger partial charge in [0, 0.05) is 18.7 Å². The van der Waals surface area contributed by atoms with Crippen LogP contribution in [0.1, 0.15) is 44.6 Å². The fourth-order valence-electron chi connectivity index (χ4n) is 2.19. The lowest BCUT2D eigenvalue weighted by Gasteiger charge is -2.13. The number of nitrogens with zero attached hydrogens (tertiary/aromatic N) is 4. The summed E-state index contributed by atoms with van der Waals surface area (Å²) in [4.78, 5) is 0. The van der Waals surface area contributed by atoms with Crippen LogP contribution >= 0.6 is 0 Å². The highest BCUT2D eigenvalue weighted by Crippen LogP contribution is 2.14. The van der Waals surface area contributed by atoms with Crippen molar-refractivity contribution >= 4 is 5.82 Å². The van der Waals surface area contributed by atoms with Gasteiger partial charge in [0.25, 0.3) is 0 Å². The van der Waals surface area contributed by atoms with E-state index in [0.29, 0.717) is 6.04 Å². The lowest BCUT2D eigenvalue weighted by molar-refractivity contribution is 0.535. The first kappa shape index (κ1) is 13.6. The quantitative estimate of drug-likeness (QED) is 0.869. The summed E-state index contributed by atoms with van der Waals surface area (Å²) in [5.41, 5.74) is 2.29. The van der Waals surface area contributed by atoms with Crippen LogP contribution in [0.15, 0.2) is 18.3 Å². The van der Waals surface area contributed by atoms with Crippen molar-refractivity contribution in [3.05, 3.63) is 29.7 Å². The summed E-state index contributed by atoms with van der Waals surface area (Å²) in [6, 6.07) is 4.51. The van der Waals surface area contributed by atoms with E-state index < -0.39 is 0 Å². The van der Waals surface area contributed by atoms with Gasteiger partial charge in [-0.15, -0.1) is 0 Å². The number of aryl methyl sites for hydroxylation is 2. The first-order chi connectivity index (χ1) is 9.11. The van der Waals surface area contributed by atoms with Gasteiger partial charge in [0.2, 0.25) is 0 Å². The van der Waals surface area contributed by atoms with Crippen LogP contribution < -0.4 is 5.32 Å². The Morgan fingerprint density at radius 2 is 2.16 bits per heavy atom. The van der Waals surface area contributed by atoms with Crippen LogP contribution in [-0.2, 0) is 13.1 Å². The van der Waals surface area contributed by atoms with Crippen molar-refractivity contribution in [1.29, 1.82) is 0 Å². The molecule has 2 rings (SSSR count). The highest BCUT2D eigenvalue weighted by Gasteiger charge is 2.08. The van der Waals surface area contributed by atoms with Crippen LogP contribution in [0.5, 0.6) is 0 Å². The lowest BCUT2D eigenvalue weighted by atomic mass is 10.3. The Morgan fingerprint density at radius 3 is 2.84 bits per heavy atom. The number of aromatic nitrogens is 4. The van der Waals surface area contributed by atoms with Gasteiger partial charge in [0.15, 0.2) is 0 Å². The molecular formula is C14H23N5. The normalized spacial score (nSPS) is 11.2. The van der Waals surface area contributed by atoms with Crippen molar-refractivity contribution in [1.82, 2.24) is 19.6 Å². The molecule has 104 valence electrons. The first-order valence-electron chi connectivity index (χ1n) is 6.92. The molecule has 0 spiro atoms. The molecule has 1 N–H and O–H groups in total. The smallest absolute Gasteiger partial charge is 0.124 e. The summed E-state index contributed by atoms with van der Waals surface area (Å²) in [6.07, 6.45) is 2.93. The molecule has 0 aliphatic heterocycles. The Morgan fingerprint density at radius 1 is 1.37 bits per heavy atom. The van der Waals surface area contributed by atoms with Gasteiger partial charge < -0.3 is 5.32 Å². The molecule has 0 radical (unpaired) electrons. The van der Waals surface area contributed by atoms with Crippen molar-refractivity contribution < 1.29 is 0 Å². The van der Waals surface area contributed by atoms with Gasteiger partial charge in [0.05, 0.1) is 24.1 Å². The maximum absolute atomic E-state index is 4.51. The number of hydrogen-bond donors (Lipinski definition) is 1. The fraction of sp³-hybridized carbons (Fsp3) is 0.571. The second-order valence-electron chi connectivity index (χ2n) is 5.11. The molecule has 2 aromatic heterocycles. The van der Waals surface area contributed by atoms with Gasteiger partial charge in [-0.05, 0) is 33.3 Å². The maximum atomic E-state index is 4.51. The fourth-order valence-corrected chi connectivity index (χ4v) is 2.19. The Balaban J connectivity index is 2.07. The third kappa shape index (κ3) is 3.16. The molecule has 0 aliphatic rings. The van der Waals surface area contributed by atoms with Crippen LogP contribution in [-0.4, -0.2) is 19.6 Å². The molecule has 0 saturated heterocycles. The highest BCUT2D eigenvalue weighted by atomic mass is 15.3. The Bertz CT molecular complexity index is 524. The largest absolute Gasteiger partial charge is 0.365 e. The molecule has 0 atom stereocenters. The molecule has 0 fully saturated rings. The summed E-state index contributed by atoms with van der Waals surface area (Å²) in [5, 5.41) is 12.3. The van der Waals surface area contributed by atoms with Gasteiger partial charge in [0.1, 0.15) is 5.82 Å². The van der Waals surface area contributed by atoms with E-state index in [-0.39, 0.29) is 0 Å². The zero-order chi connectivity index (χ0) is 13.8. The van der Waals surface area contributed by atoms with Crippen molar-refractivity contribution in [2.45, 2.75) is 53.2 Å². The van der Waals surface area contributed by atoms with Gasteiger partial charge in [-0.1, -0.05) is 6.92 Å². The molecule has 0 saturated carbocycles. The third-order valence-electron chi connectivity index (χ3n) is 3.03. The van der Waals surface area contributed by atoms with Crippen molar-refractivity contribution in [3.63, 3.8) is 0 Å². The Hall–Kier alpha value is -1.78. The van der Waals surface area contributed by atoms with Crippen LogP contribution in [0.25, 0.3) is 0 Å². The van der Waals surface area contributed by atoms with Gasteiger partial charge in [-0.2, -0.15) is 10.2 Å². The highest BCUT2D eigenvalue weighted by molar-refractivity contribution is 5.35. The number of anilines is 1. The number of hydrogen-bond acceptors (Lipinski definition) is 3. The number of rotatable bonds is 6. The SMILES string of the molecule is CCCn1nc(C)cc1CNc1ccnn1C(C)C. The van der Waals surface area contributed by atoms with E-state index in [4.69, 9.17) is 0 Å². The van der Waals surface area contributed by atoms with Crippen molar-refractivity contribution in [2.24, 2.45) is 0 Å². The van der Waals surface area contributed by atoms with E-state index in [0.717, 1.165) is 31.0 Å². The summed E-state index contributed by atoms with van der Waals surface area (Å²) in [6.45, 7) is 10.2. The minimum atomic E-state index is 0.361. The summed E-state index contributed by atoms with van der Waals surface area (Å²) in [7, 11) is 0. The van der Waals surface area contributed by atoms with Gasteiger partial charge in [-0.3, -0.25) is 4.68 Å². The van der Waals surface area contributed by atoms with Crippen molar-refractivity contribution in [2.75, 3.05) is 5.32 Å². The molecule has 0 unspecified atom stereocenters. The molecule has 0 aliphatic carbocycles. The molecule has 2 heterocycles. The van der Waals surface area contributed by atoms with E-state index in [9.17, 15) is 0 Å². The van der Waals surface area contributed by atoms with Crippen LogP contribution in [0.3, 0.4) is 0 Å². The summed E-state index contributed by atoms with van der Waals surface area (Å²) in [5.74, 6) is 1.05. The van der Waals surface area contributed by atoms with E-state index in [1.54, 1.807) is 0 Å². The van der Waals surface area contributed by atoms with Gasteiger partial charge >= 0.3 is 0 Å². The second-order valence-corrected chi connectivity index (χ2v) is 5.11. The van der Waals surface area contributed by atoms with Gasteiger partial charge in [-0.25, -0.2) is 4.68 Å². The zero-order valence-electron chi connectivity index (χ0n) is 12.2. The average molecular weight is 261 g/mol. The molecule has 0 bridgehead atoms. The average Bonchev–Trinajstić information content (AvgIpc) is 2.94. The Labute approximate surface area is 114 Å². The summed E-state index contributed by atoms with van der Waals surface area (Å²) >= 11 is 0. The predicted molar refractivity (Wildman–Crippen MR) is 77.2 cm³/mol. The van der Waals surface area contributed by atoms with Crippen LogP contribution in [0.2, 0.25) is 0 Å². The minimum absolute atomic E-state index is 0.361. The number of nitrogens with one attached hydrogen (secondary N) is 1. The molecule has 5 nitrogen and oxygen atoms in total. The third-order valence-corrected chi connectivity index (χ3v) is 3.03.